The number of rotatable bonds is 4. The molecule has 110 valence electrons. The number of amides is 1. The predicted octanol–water partition coefficient (Wildman–Crippen LogP) is 1.73. The van der Waals surface area contributed by atoms with Crippen LogP contribution in [0.2, 0.25) is 0 Å². The zero-order valence-electron chi connectivity index (χ0n) is 12.2. The zero-order chi connectivity index (χ0) is 14.5. The zero-order valence-corrected chi connectivity index (χ0v) is 13.7. The number of hydrogen-bond donors (Lipinski definition) is 1. The van der Waals surface area contributed by atoms with Gasteiger partial charge in [-0.25, -0.2) is 0 Å². The van der Waals surface area contributed by atoms with Crippen LogP contribution in [0.1, 0.15) is 15.9 Å². The molecule has 0 spiro atoms. The number of halogens is 1. The molecule has 1 aliphatic heterocycles. The first kappa shape index (κ1) is 15.5. The Balaban J connectivity index is 1.92. The van der Waals surface area contributed by atoms with Crippen LogP contribution in [-0.4, -0.2) is 62.0 Å². The van der Waals surface area contributed by atoms with E-state index < -0.39 is 0 Å². The molecule has 5 heteroatoms. The normalized spacial score (nSPS) is 16.1. The predicted molar refractivity (Wildman–Crippen MR) is 85.1 cm³/mol. The first-order valence-corrected chi connectivity index (χ1v) is 7.82. The lowest BCUT2D eigenvalue weighted by Gasteiger charge is -2.29. The summed E-state index contributed by atoms with van der Waals surface area (Å²) in [6.07, 6.45) is 0. The molecule has 1 saturated heterocycles. The van der Waals surface area contributed by atoms with Gasteiger partial charge in [0.25, 0.3) is 5.91 Å². The number of likely N-dealkylation sites (N-methyl/N-ethyl adjacent to an activating group) is 1. The first-order chi connectivity index (χ1) is 9.58. The molecule has 1 aromatic rings. The molecule has 1 amide bonds. The van der Waals surface area contributed by atoms with Crippen LogP contribution in [0, 0.1) is 6.92 Å². The summed E-state index contributed by atoms with van der Waals surface area (Å²) in [5.74, 6) is 0.0962. The van der Waals surface area contributed by atoms with Crippen molar-refractivity contribution in [2.24, 2.45) is 0 Å². The van der Waals surface area contributed by atoms with Crippen LogP contribution < -0.4 is 5.32 Å². The molecule has 1 aromatic carbocycles. The van der Waals surface area contributed by atoms with Gasteiger partial charge in [-0.05, 0) is 24.6 Å². The highest BCUT2D eigenvalue weighted by atomic mass is 79.9. The minimum absolute atomic E-state index is 0.0962. The average Bonchev–Trinajstić information content (AvgIpc) is 2.47. The molecule has 4 nitrogen and oxygen atoms in total. The summed E-state index contributed by atoms with van der Waals surface area (Å²) in [5, 5.41) is 3.34. The van der Waals surface area contributed by atoms with Crippen LogP contribution in [-0.2, 0) is 0 Å². The molecule has 1 N–H and O–H groups in total. The van der Waals surface area contributed by atoms with Crippen molar-refractivity contribution in [3.8, 4) is 0 Å². The van der Waals surface area contributed by atoms with Gasteiger partial charge in [-0.2, -0.15) is 0 Å². The van der Waals surface area contributed by atoms with E-state index in [1.807, 2.05) is 37.1 Å². The van der Waals surface area contributed by atoms with Gasteiger partial charge in [-0.15, -0.1) is 0 Å². The van der Waals surface area contributed by atoms with Crippen molar-refractivity contribution in [2.75, 3.05) is 46.3 Å². The van der Waals surface area contributed by atoms with Gasteiger partial charge >= 0.3 is 0 Å². The number of aryl methyl sites for hydroxylation is 1. The van der Waals surface area contributed by atoms with E-state index in [9.17, 15) is 4.79 Å². The van der Waals surface area contributed by atoms with Gasteiger partial charge in [0.15, 0.2) is 0 Å². The topological polar surface area (TPSA) is 35.6 Å². The van der Waals surface area contributed by atoms with Crippen LogP contribution in [0.15, 0.2) is 22.7 Å². The van der Waals surface area contributed by atoms with Gasteiger partial charge < -0.3 is 10.2 Å². The summed E-state index contributed by atoms with van der Waals surface area (Å²) in [4.78, 5) is 16.7. The van der Waals surface area contributed by atoms with Crippen molar-refractivity contribution in [1.82, 2.24) is 15.1 Å². The van der Waals surface area contributed by atoms with Crippen molar-refractivity contribution in [3.63, 3.8) is 0 Å². The van der Waals surface area contributed by atoms with Gasteiger partial charge in [0, 0.05) is 56.4 Å². The summed E-state index contributed by atoms with van der Waals surface area (Å²) in [5.41, 5.74) is 1.80. The van der Waals surface area contributed by atoms with Crippen LogP contribution in [0.5, 0.6) is 0 Å². The Morgan fingerprint density at radius 3 is 2.80 bits per heavy atom. The standard InChI is InChI=1S/C15H22BrN3O/c1-12-3-4-13(16)11-14(12)15(20)18(2)9-10-19-7-5-17-6-8-19/h3-4,11,17H,5-10H2,1-2H3. The first-order valence-electron chi connectivity index (χ1n) is 7.02. The lowest BCUT2D eigenvalue weighted by molar-refractivity contribution is 0.0774. The maximum atomic E-state index is 12.5. The second-order valence-corrected chi connectivity index (χ2v) is 6.19. The third-order valence-electron chi connectivity index (χ3n) is 3.74. The molecule has 0 unspecified atom stereocenters. The number of piperazine rings is 1. The summed E-state index contributed by atoms with van der Waals surface area (Å²) < 4.78 is 0.946. The molecule has 1 heterocycles. The number of carbonyl (C=O) groups is 1. The fraction of sp³-hybridized carbons (Fsp3) is 0.533. The Morgan fingerprint density at radius 1 is 1.40 bits per heavy atom. The summed E-state index contributed by atoms with van der Waals surface area (Å²) in [6.45, 7) is 7.91. The van der Waals surface area contributed by atoms with E-state index in [0.717, 1.165) is 54.9 Å². The fourth-order valence-corrected chi connectivity index (χ4v) is 2.72. The van der Waals surface area contributed by atoms with E-state index >= 15 is 0 Å². The maximum Gasteiger partial charge on any atom is 0.253 e. The highest BCUT2D eigenvalue weighted by Crippen LogP contribution is 2.17. The van der Waals surface area contributed by atoms with Crippen molar-refractivity contribution in [3.05, 3.63) is 33.8 Å². The van der Waals surface area contributed by atoms with Gasteiger partial charge in [0.1, 0.15) is 0 Å². The monoisotopic (exact) mass is 339 g/mol. The minimum Gasteiger partial charge on any atom is -0.340 e. The van der Waals surface area contributed by atoms with Gasteiger partial charge in [-0.3, -0.25) is 9.69 Å². The Bertz CT molecular complexity index is 472. The number of carbonyl (C=O) groups excluding carboxylic acids is 1. The van der Waals surface area contributed by atoms with E-state index in [0.29, 0.717) is 0 Å². The molecule has 1 aliphatic rings. The number of hydrogen-bond acceptors (Lipinski definition) is 3. The van der Waals surface area contributed by atoms with Gasteiger partial charge in [-0.1, -0.05) is 22.0 Å². The highest BCUT2D eigenvalue weighted by molar-refractivity contribution is 9.10. The van der Waals surface area contributed by atoms with Crippen molar-refractivity contribution < 1.29 is 4.79 Å². The SMILES string of the molecule is Cc1ccc(Br)cc1C(=O)N(C)CCN1CCNCC1. The molecule has 0 aromatic heterocycles. The lowest BCUT2D eigenvalue weighted by Crippen LogP contribution is -2.46. The second kappa shape index (κ2) is 7.20. The number of nitrogens with zero attached hydrogens (tertiary/aromatic N) is 2. The highest BCUT2D eigenvalue weighted by Gasteiger charge is 2.16. The van der Waals surface area contributed by atoms with Crippen LogP contribution in [0.3, 0.4) is 0 Å². The summed E-state index contributed by atoms with van der Waals surface area (Å²) in [6, 6.07) is 5.84. The quantitative estimate of drug-likeness (QED) is 0.907. The van der Waals surface area contributed by atoms with Gasteiger partial charge in [0.05, 0.1) is 0 Å². The molecule has 0 radical (unpaired) electrons. The summed E-state index contributed by atoms with van der Waals surface area (Å²) in [7, 11) is 1.88. The van der Waals surface area contributed by atoms with Crippen molar-refractivity contribution >= 4 is 21.8 Å². The van der Waals surface area contributed by atoms with Crippen molar-refractivity contribution in [2.45, 2.75) is 6.92 Å². The molecular formula is C15H22BrN3O. The molecule has 0 bridgehead atoms. The van der Waals surface area contributed by atoms with E-state index in [1.54, 1.807) is 0 Å². The average molecular weight is 340 g/mol. The lowest BCUT2D eigenvalue weighted by atomic mass is 10.1. The summed E-state index contributed by atoms with van der Waals surface area (Å²) >= 11 is 3.43. The largest absolute Gasteiger partial charge is 0.340 e. The molecule has 1 fully saturated rings. The Morgan fingerprint density at radius 2 is 2.10 bits per heavy atom. The van der Waals surface area contributed by atoms with Crippen LogP contribution >= 0.6 is 15.9 Å². The molecular weight excluding hydrogens is 318 g/mol. The van der Waals surface area contributed by atoms with Gasteiger partial charge in [0.2, 0.25) is 0 Å². The third kappa shape index (κ3) is 4.04. The Kier molecular flexibility index (Phi) is 5.57. The van der Waals surface area contributed by atoms with E-state index in [2.05, 4.69) is 26.1 Å². The van der Waals surface area contributed by atoms with E-state index in [-0.39, 0.29) is 5.91 Å². The van der Waals surface area contributed by atoms with E-state index in [1.165, 1.54) is 0 Å². The maximum absolute atomic E-state index is 12.5. The Labute approximate surface area is 129 Å². The van der Waals surface area contributed by atoms with Crippen molar-refractivity contribution in [1.29, 1.82) is 0 Å². The molecule has 2 rings (SSSR count). The minimum atomic E-state index is 0.0962. The fourth-order valence-electron chi connectivity index (χ4n) is 2.36. The Hall–Kier alpha value is -0.910. The second-order valence-electron chi connectivity index (χ2n) is 5.28. The molecule has 0 aliphatic carbocycles. The molecule has 0 saturated carbocycles. The molecule has 20 heavy (non-hydrogen) atoms. The van der Waals surface area contributed by atoms with Crippen LogP contribution in [0.4, 0.5) is 0 Å². The van der Waals surface area contributed by atoms with E-state index in [4.69, 9.17) is 0 Å². The number of nitrogens with one attached hydrogen (secondary N) is 1. The third-order valence-corrected chi connectivity index (χ3v) is 4.23. The number of benzene rings is 1. The molecule has 0 atom stereocenters. The smallest absolute Gasteiger partial charge is 0.253 e. The van der Waals surface area contributed by atoms with Crippen LogP contribution in [0.25, 0.3) is 0 Å².